The SMILES string of the molecule is CCNC(=NCc1ccnn1C)NCCNc1ncccc1C(F)(F)F. The number of halogens is 3. The van der Waals surface area contributed by atoms with Crippen molar-refractivity contribution in [3.05, 3.63) is 41.9 Å². The maximum atomic E-state index is 12.9. The number of aromatic nitrogens is 3. The summed E-state index contributed by atoms with van der Waals surface area (Å²) in [5.41, 5.74) is 0.167. The van der Waals surface area contributed by atoms with Crippen LogP contribution in [0, 0.1) is 0 Å². The van der Waals surface area contributed by atoms with Crippen LogP contribution in [0.5, 0.6) is 0 Å². The highest BCUT2D eigenvalue weighted by Gasteiger charge is 2.33. The van der Waals surface area contributed by atoms with Gasteiger partial charge < -0.3 is 16.0 Å². The molecule has 0 saturated carbocycles. The van der Waals surface area contributed by atoms with Crippen molar-refractivity contribution in [1.82, 2.24) is 25.4 Å². The summed E-state index contributed by atoms with van der Waals surface area (Å²) in [4.78, 5) is 8.19. The third-order valence-electron chi connectivity index (χ3n) is 3.49. The van der Waals surface area contributed by atoms with Gasteiger partial charge in [0.1, 0.15) is 5.82 Å². The zero-order valence-corrected chi connectivity index (χ0v) is 14.6. The Morgan fingerprint density at radius 2 is 2.00 bits per heavy atom. The molecule has 0 bridgehead atoms. The van der Waals surface area contributed by atoms with Crippen molar-refractivity contribution in [2.45, 2.75) is 19.6 Å². The molecule has 0 unspecified atom stereocenters. The fraction of sp³-hybridized carbons (Fsp3) is 0.438. The van der Waals surface area contributed by atoms with Gasteiger partial charge in [-0.2, -0.15) is 18.3 Å². The first kappa shape index (κ1) is 19.5. The average Bonchev–Trinajstić information content (AvgIpc) is 3.01. The van der Waals surface area contributed by atoms with E-state index in [9.17, 15) is 13.2 Å². The number of aryl methyl sites for hydroxylation is 1. The number of guanidine groups is 1. The molecule has 0 radical (unpaired) electrons. The van der Waals surface area contributed by atoms with Crippen LogP contribution in [0.25, 0.3) is 0 Å². The summed E-state index contributed by atoms with van der Waals surface area (Å²) in [6.07, 6.45) is -1.42. The molecule has 0 atom stereocenters. The summed E-state index contributed by atoms with van der Waals surface area (Å²) < 4.78 is 40.5. The zero-order valence-electron chi connectivity index (χ0n) is 14.6. The Bertz CT molecular complexity index is 725. The molecule has 0 spiro atoms. The number of aliphatic imine (C=N–C) groups is 1. The number of pyridine rings is 1. The molecule has 0 aliphatic rings. The van der Waals surface area contributed by atoms with E-state index in [1.54, 1.807) is 10.9 Å². The predicted molar refractivity (Wildman–Crippen MR) is 93.8 cm³/mol. The Kier molecular flexibility index (Phi) is 6.81. The summed E-state index contributed by atoms with van der Waals surface area (Å²) in [6.45, 7) is 3.69. The Labute approximate surface area is 149 Å². The Morgan fingerprint density at radius 1 is 1.19 bits per heavy atom. The molecule has 26 heavy (non-hydrogen) atoms. The van der Waals surface area contributed by atoms with Crippen LogP contribution in [0.1, 0.15) is 18.2 Å². The first-order chi connectivity index (χ1) is 12.4. The number of hydrogen-bond donors (Lipinski definition) is 3. The minimum Gasteiger partial charge on any atom is -0.368 e. The monoisotopic (exact) mass is 369 g/mol. The van der Waals surface area contributed by atoms with Crippen LogP contribution in [-0.4, -0.2) is 40.4 Å². The topological polar surface area (TPSA) is 79.2 Å². The third kappa shape index (κ3) is 5.64. The maximum Gasteiger partial charge on any atom is 0.419 e. The number of nitrogens with one attached hydrogen (secondary N) is 3. The summed E-state index contributed by atoms with van der Waals surface area (Å²) >= 11 is 0. The quantitative estimate of drug-likeness (QED) is 0.395. The standard InChI is InChI=1S/C16H22F3N7/c1-3-20-15(24-11-12-6-8-25-26(12)2)23-10-9-22-14-13(16(17,18)19)5-4-7-21-14/h4-8H,3,9-11H2,1-2H3,(H,21,22)(H2,20,23,24). The highest BCUT2D eigenvalue weighted by atomic mass is 19.4. The van der Waals surface area contributed by atoms with Crippen LogP contribution < -0.4 is 16.0 Å². The number of rotatable bonds is 7. The third-order valence-corrected chi connectivity index (χ3v) is 3.49. The lowest BCUT2D eigenvalue weighted by Gasteiger charge is -2.14. The smallest absolute Gasteiger partial charge is 0.368 e. The van der Waals surface area contributed by atoms with Crippen LogP contribution in [0.4, 0.5) is 19.0 Å². The fourth-order valence-electron chi connectivity index (χ4n) is 2.19. The molecule has 0 amide bonds. The van der Waals surface area contributed by atoms with Crippen molar-refractivity contribution >= 4 is 11.8 Å². The van der Waals surface area contributed by atoms with Crippen molar-refractivity contribution in [2.75, 3.05) is 25.0 Å². The van der Waals surface area contributed by atoms with Gasteiger partial charge in [0.25, 0.3) is 0 Å². The second-order valence-corrected chi connectivity index (χ2v) is 5.39. The van der Waals surface area contributed by atoms with Crippen LogP contribution in [0.2, 0.25) is 0 Å². The molecular weight excluding hydrogens is 347 g/mol. The Balaban J connectivity index is 1.88. The second-order valence-electron chi connectivity index (χ2n) is 5.39. The molecule has 2 rings (SSSR count). The van der Waals surface area contributed by atoms with Gasteiger partial charge in [-0.3, -0.25) is 4.68 Å². The summed E-state index contributed by atoms with van der Waals surface area (Å²) in [6, 6.07) is 4.14. The van der Waals surface area contributed by atoms with Crippen LogP contribution in [0.15, 0.2) is 35.6 Å². The highest BCUT2D eigenvalue weighted by molar-refractivity contribution is 5.79. The van der Waals surface area contributed by atoms with Crippen molar-refractivity contribution in [2.24, 2.45) is 12.0 Å². The molecule has 0 fully saturated rings. The second kappa shape index (κ2) is 9.07. The molecule has 3 N–H and O–H groups in total. The normalized spacial score (nSPS) is 12.1. The van der Waals surface area contributed by atoms with Gasteiger partial charge in [0, 0.05) is 39.1 Å². The van der Waals surface area contributed by atoms with E-state index in [1.165, 1.54) is 12.3 Å². The summed E-state index contributed by atoms with van der Waals surface area (Å²) in [7, 11) is 1.83. The van der Waals surface area contributed by atoms with Crippen LogP contribution >= 0.6 is 0 Å². The van der Waals surface area contributed by atoms with E-state index < -0.39 is 11.7 Å². The van der Waals surface area contributed by atoms with Crippen LogP contribution in [-0.2, 0) is 19.8 Å². The van der Waals surface area contributed by atoms with Gasteiger partial charge in [0.05, 0.1) is 17.8 Å². The molecule has 0 saturated heterocycles. The Hall–Kier alpha value is -2.78. The van der Waals surface area contributed by atoms with Gasteiger partial charge in [-0.05, 0) is 25.1 Å². The average molecular weight is 369 g/mol. The van der Waals surface area contributed by atoms with Gasteiger partial charge in [-0.25, -0.2) is 9.98 Å². The number of alkyl halides is 3. The number of anilines is 1. The highest BCUT2D eigenvalue weighted by Crippen LogP contribution is 2.33. The molecule has 0 aliphatic carbocycles. The van der Waals surface area contributed by atoms with Crippen LogP contribution in [0.3, 0.4) is 0 Å². The number of hydrogen-bond acceptors (Lipinski definition) is 4. The van der Waals surface area contributed by atoms with E-state index in [0.717, 1.165) is 11.8 Å². The van der Waals surface area contributed by atoms with E-state index in [-0.39, 0.29) is 12.4 Å². The van der Waals surface area contributed by atoms with E-state index in [4.69, 9.17) is 0 Å². The van der Waals surface area contributed by atoms with E-state index in [0.29, 0.717) is 25.6 Å². The largest absolute Gasteiger partial charge is 0.419 e. The molecule has 0 aromatic carbocycles. The molecule has 2 heterocycles. The van der Waals surface area contributed by atoms with Gasteiger partial charge in [0.15, 0.2) is 5.96 Å². The molecule has 2 aromatic heterocycles. The molecular formula is C16H22F3N7. The van der Waals surface area contributed by atoms with Crippen molar-refractivity contribution in [3.63, 3.8) is 0 Å². The minimum absolute atomic E-state index is 0.182. The van der Waals surface area contributed by atoms with E-state index >= 15 is 0 Å². The first-order valence-electron chi connectivity index (χ1n) is 8.17. The lowest BCUT2D eigenvalue weighted by Crippen LogP contribution is -2.39. The lowest BCUT2D eigenvalue weighted by molar-refractivity contribution is -0.137. The van der Waals surface area contributed by atoms with Gasteiger partial charge in [-0.1, -0.05) is 0 Å². The van der Waals surface area contributed by atoms with Crippen molar-refractivity contribution in [3.8, 4) is 0 Å². The zero-order chi connectivity index (χ0) is 19.0. The lowest BCUT2D eigenvalue weighted by atomic mass is 10.2. The summed E-state index contributed by atoms with van der Waals surface area (Å²) in [5.74, 6) is 0.395. The molecule has 0 aliphatic heterocycles. The molecule has 10 heteroatoms. The number of nitrogens with zero attached hydrogens (tertiary/aromatic N) is 4. The predicted octanol–water partition coefficient (Wildman–Crippen LogP) is 2.00. The first-order valence-corrected chi connectivity index (χ1v) is 8.17. The van der Waals surface area contributed by atoms with Gasteiger partial charge >= 0.3 is 6.18 Å². The molecule has 2 aromatic rings. The fourth-order valence-corrected chi connectivity index (χ4v) is 2.19. The minimum atomic E-state index is -4.44. The van der Waals surface area contributed by atoms with Crippen molar-refractivity contribution in [1.29, 1.82) is 0 Å². The summed E-state index contributed by atoms with van der Waals surface area (Å²) in [5, 5.41) is 12.9. The van der Waals surface area contributed by atoms with E-state index in [1.807, 2.05) is 20.0 Å². The maximum absolute atomic E-state index is 12.9. The Morgan fingerprint density at radius 3 is 2.65 bits per heavy atom. The van der Waals surface area contributed by atoms with E-state index in [2.05, 4.69) is 31.0 Å². The van der Waals surface area contributed by atoms with Gasteiger partial charge in [-0.15, -0.1) is 0 Å². The van der Waals surface area contributed by atoms with Crippen molar-refractivity contribution < 1.29 is 13.2 Å². The molecule has 142 valence electrons. The van der Waals surface area contributed by atoms with Gasteiger partial charge in [0.2, 0.25) is 0 Å². The molecule has 7 nitrogen and oxygen atoms in total.